The minimum Gasteiger partial charge on any atom is -0.305 e. The van der Waals surface area contributed by atoms with Gasteiger partial charge in [0.2, 0.25) is 0 Å². The molecule has 1 amide bonds. The monoisotopic (exact) mass is 280 g/mol. The number of carbonyl (C=O) groups is 1. The fourth-order valence-electron chi connectivity index (χ4n) is 1.52. The molecule has 19 heavy (non-hydrogen) atoms. The number of nitro groups is 1. The van der Waals surface area contributed by atoms with E-state index in [1.165, 1.54) is 18.2 Å². The maximum absolute atomic E-state index is 12.0. The lowest BCUT2D eigenvalue weighted by molar-refractivity contribution is -0.385. The Balaban J connectivity index is 2.32. The third-order valence-corrected chi connectivity index (χ3v) is 2.58. The molecule has 7 nitrogen and oxygen atoms in total. The van der Waals surface area contributed by atoms with Crippen molar-refractivity contribution in [1.29, 1.82) is 0 Å². The number of halogens is 1. The molecule has 0 spiro atoms. The van der Waals surface area contributed by atoms with Gasteiger partial charge < -0.3 is 5.32 Å². The van der Waals surface area contributed by atoms with Crippen molar-refractivity contribution in [1.82, 2.24) is 10.2 Å². The lowest BCUT2D eigenvalue weighted by atomic mass is 10.1. The second kappa shape index (κ2) is 5.07. The predicted molar refractivity (Wildman–Crippen MR) is 69.4 cm³/mol. The van der Waals surface area contributed by atoms with Gasteiger partial charge in [0.1, 0.15) is 5.56 Å². The average molecular weight is 281 g/mol. The van der Waals surface area contributed by atoms with Crippen molar-refractivity contribution >= 4 is 29.0 Å². The molecular weight excluding hydrogens is 272 g/mol. The van der Waals surface area contributed by atoms with Crippen LogP contribution in [-0.2, 0) is 0 Å². The molecule has 0 saturated heterocycles. The van der Waals surface area contributed by atoms with Crippen LogP contribution < -0.4 is 5.32 Å². The normalized spacial score (nSPS) is 10.2. The summed E-state index contributed by atoms with van der Waals surface area (Å²) in [5.74, 6) is -0.350. The van der Waals surface area contributed by atoms with E-state index in [1.807, 2.05) is 0 Å². The summed E-state index contributed by atoms with van der Waals surface area (Å²) in [7, 11) is 0. The second-order valence-electron chi connectivity index (χ2n) is 3.81. The molecule has 0 aliphatic rings. The van der Waals surface area contributed by atoms with Gasteiger partial charge in [-0.15, -0.1) is 0 Å². The summed E-state index contributed by atoms with van der Waals surface area (Å²) in [5, 5.41) is 20.0. The molecule has 0 aliphatic carbocycles. The van der Waals surface area contributed by atoms with E-state index >= 15 is 0 Å². The summed E-state index contributed by atoms with van der Waals surface area (Å²) in [6.45, 7) is 1.77. The number of H-pyrrole nitrogens is 1. The lowest BCUT2D eigenvalue weighted by Crippen LogP contribution is -2.14. The number of hydrogen-bond donors (Lipinski definition) is 2. The molecule has 1 aromatic heterocycles. The Kier molecular flexibility index (Phi) is 3.48. The molecular formula is C11H9ClN4O3. The molecule has 0 saturated carbocycles. The number of aromatic nitrogens is 2. The van der Waals surface area contributed by atoms with Crippen LogP contribution in [0.5, 0.6) is 0 Å². The molecule has 2 N–H and O–H groups in total. The number of hydrogen-bond acceptors (Lipinski definition) is 4. The van der Waals surface area contributed by atoms with Gasteiger partial charge in [0, 0.05) is 22.8 Å². The number of carbonyl (C=O) groups excluding carboxylic acids is 1. The first-order valence-corrected chi connectivity index (χ1v) is 5.62. The molecule has 8 heteroatoms. The maximum Gasteiger partial charge on any atom is 0.282 e. The Bertz CT molecular complexity index is 653. The van der Waals surface area contributed by atoms with Crippen LogP contribution in [0.4, 0.5) is 11.5 Å². The molecule has 0 unspecified atom stereocenters. The van der Waals surface area contributed by atoms with Crippen molar-refractivity contribution < 1.29 is 9.72 Å². The van der Waals surface area contributed by atoms with Crippen LogP contribution in [0, 0.1) is 17.0 Å². The van der Waals surface area contributed by atoms with Gasteiger partial charge in [-0.1, -0.05) is 11.6 Å². The van der Waals surface area contributed by atoms with Crippen LogP contribution in [0.2, 0.25) is 5.02 Å². The molecule has 98 valence electrons. The first-order valence-electron chi connectivity index (χ1n) is 5.24. The quantitative estimate of drug-likeness (QED) is 0.666. The zero-order chi connectivity index (χ0) is 14.0. The third kappa shape index (κ3) is 2.89. The molecule has 0 radical (unpaired) electrons. The fourth-order valence-corrected chi connectivity index (χ4v) is 1.69. The highest BCUT2D eigenvalue weighted by Gasteiger charge is 2.21. The van der Waals surface area contributed by atoms with Gasteiger partial charge >= 0.3 is 0 Å². The number of nitrogens with zero attached hydrogens (tertiary/aromatic N) is 2. The smallest absolute Gasteiger partial charge is 0.282 e. The summed E-state index contributed by atoms with van der Waals surface area (Å²) in [6.07, 6.45) is 0. The largest absolute Gasteiger partial charge is 0.305 e. The van der Waals surface area contributed by atoms with Crippen LogP contribution in [0.1, 0.15) is 16.1 Å². The topological polar surface area (TPSA) is 101 Å². The average Bonchev–Trinajstić information content (AvgIpc) is 2.74. The van der Waals surface area contributed by atoms with Crippen molar-refractivity contribution in [2.75, 3.05) is 5.32 Å². The summed E-state index contributed by atoms with van der Waals surface area (Å²) in [6, 6.07) is 5.39. The van der Waals surface area contributed by atoms with Crippen LogP contribution in [-0.4, -0.2) is 21.0 Å². The molecule has 0 aliphatic heterocycles. The van der Waals surface area contributed by atoms with Crippen LogP contribution >= 0.6 is 11.6 Å². The number of nitrogens with one attached hydrogen (secondary N) is 2. The standard InChI is InChI=1S/C11H9ClN4O3/c1-6-4-10(15-14-6)13-11(17)8-5-7(12)2-3-9(8)16(18)19/h2-5H,1H3,(H2,13,14,15,17). The molecule has 1 heterocycles. The van der Waals surface area contributed by atoms with E-state index in [0.717, 1.165) is 5.69 Å². The molecule has 0 bridgehead atoms. The number of aromatic amines is 1. The minimum atomic E-state index is -0.638. The number of amides is 1. The molecule has 2 rings (SSSR count). The number of nitro benzene ring substituents is 1. The minimum absolute atomic E-state index is 0.113. The summed E-state index contributed by atoms with van der Waals surface area (Å²) in [5.41, 5.74) is 0.336. The van der Waals surface area contributed by atoms with Crippen molar-refractivity contribution in [2.24, 2.45) is 0 Å². The second-order valence-corrected chi connectivity index (χ2v) is 4.25. The third-order valence-electron chi connectivity index (χ3n) is 2.35. The Morgan fingerprint density at radius 2 is 2.21 bits per heavy atom. The molecule has 1 aromatic carbocycles. The first kappa shape index (κ1) is 13.0. The number of anilines is 1. The summed E-state index contributed by atoms with van der Waals surface area (Å²) in [4.78, 5) is 22.2. The van der Waals surface area contributed by atoms with Crippen LogP contribution in [0.3, 0.4) is 0 Å². The van der Waals surface area contributed by atoms with Gasteiger partial charge in [-0.2, -0.15) is 5.10 Å². The van der Waals surface area contributed by atoms with E-state index in [9.17, 15) is 14.9 Å². The van der Waals surface area contributed by atoms with Gasteiger partial charge in [0.05, 0.1) is 4.92 Å². The number of benzene rings is 1. The Hall–Kier alpha value is -2.41. The predicted octanol–water partition coefficient (Wildman–Crippen LogP) is 2.53. The van der Waals surface area contributed by atoms with Crippen LogP contribution in [0.15, 0.2) is 24.3 Å². The van der Waals surface area contributed by atoms with Gasteiger partial charge in [-0.3, -0.25) is 20.0 Å². The molecule has 0 atom stereocenters. The van der Waals surface area contributed by atoms with E-state index in [2.05, 4.69) is 15.5 Å². The van der Waals surface area contributed by atoms with Crippen LogP contribution in [0.25, 0.3) is 0 Å². The molecule has 0 fully saturated rings. The van der Waals surface area contributed by atoms with Gasteiger partial charge in [0.25, 0.3) is 11.6 Å². The van der Waals surface area contributed by atoms with E-state index in [4.69, 9.17) is 11.6 Å². The van der Waals surface area contributed by atoms with Crippen molar-refractivity contribution in [3.63, 3.8) is 0 Å². The van der Waals surface area contributed by atoms with Crippen molar-refractivity contribution in [2.45, 2.75) is 6.92 Å². The molecule has 2 aromatic rings. The SMILES string of the molecule is Cc1cc(NC(=O)c2cc(Cl)ccc2[N+](=O)[O-])n[nH]1. The highest BCUT2D eigenvalue weighted by atomic mass is 35.5. The highest BCUT2D eigenvalue weighted by Crippen LogP contribution is 2.23. The maximum atomic E-state index is 12.0. The van der Waals surface area contributed by atoms with Gasteiger partial charge in [0.15, 0.2) is 5.82 Å². The van der Waals surface area contributed by atoms with E-state index in [1.54, 1.807) is 13.0 Å². The number of aryl methyl sites for hydroxylation is 1. The Morgan fingerprint density at radius 3 is 2.79 bits per heavy atom. The van der Waals surface area contributed by atoms with E-state index in [-0.39, 0.29) is 22.1 Å². The summed E-state index contributed by atoms with van der Waals surface area (Å²) >= 11 is 5.75. The van der Waals surface area contributed by atoms with E-state index in [0.29, 0.717) is 0 Å². The van der Waals surface area contributed by atoms with Crippen molar-refractivity contribution in [3.8, 4) is 0 Å². The first-order chi connectivity index (χ1) is 8.97. The highest BCUT2D eigenvalue weighted by molar-refractivity contribution is 6.31. The van der Waals surface area contributed by atoms with E-state index < -0.39 is 10.8 Å². The Morgan fingerprint density at radius 1 is 1.47 bits per heavy atom. The fraction of sp³-hybridized carbons (Fsp3) is 0.0909. The van der Waals surface area contributed by atoms with Crippen molar-refractivity contribution in [3.05, 3.63) is 50.7 Å². The van der Waals surface area contributed by atoms with Gasteiger partial charge in [-0.05, 0) is 19.1 Å². The van der Waals surface area contributed by atoms with Gasteiger partial charge in [-0.25, -0.2) is 0 Å². The summed E-state index contributed by atoms with van der Waals surface area (Å²) < 4.78 is 0. The lowest BCUT2D eigenvalue weighted by Gasteiger charge is -2.03. The zero-order valence-electron chi connectivity index (χ0n) is 9.81. The zero-order valence-corrected chi connectivity index (χ0v) is 10.6. The number of rotatable bonds is 3. The Labute approximate surface area is 112 Å².